The molecule has 0 atom stereocenters. The molecule has 0 spiro atoms. The van der Waals surface area contributed by atoms with Gasteiger partial charge in [-0.15, -0.1) is 0 Å². The number of hydrogen-bond acceptors (Lipinski definition) is 1. The molecule has 2 nitrogen and oxygen atoms in total. The summed E-state index contributed by atoms with van der Waals surface area (Å²) in [7, 11) is 2.18. The highest BCUT2D eigenvalue weighted by Crippen LogP contribution is 2.37. The maximum Gasteiger partial charge on any atom is 0.0486 e. The van der Waals surface area contributed by atoms with Crippen molar-refractivity contribution in [3.8, 4) is 0 Å². The highest BCUT2D eigenvalue weighted by atomic mass is 15.0. The van der Waals surface area contributed by atoms with Gasteiger partial charge in [0.05, 0.1) is 0 Å². The minimum Gasteiger partial charge on any atom is -0.346 e. The van der Waals surface area contributed by atoms with Crippen molar-refractivity contribution in [1.82, 2.24) is 9.88 Å². The van der Waals surface area contributed by atoms with Crippen LogP contribution in [-0.4, -0.2) is 11.1 Å². The number of benzene rings is 1. The van der Waals surface area contributed by atoms with Gasteiger partial charge in [0.15, 0.2) is 0 Å². The SMILES string of the molecule is Cc1ccc2c3c(n(C)c2c1)CNCC3(C)C. The van der Waals surface area contributed by atoms with Crippen LogP contribution in [0.4, 0.5) is 0 Å². The number of aromatic nitrogens is 1. The Balaban J connectivity index is 2.42. The fourth-order valence-corrected chi connectivity index (χ4v) is 3.14. The maximum atomic E-state index is 3.53. The van der Waals surface area contributed by atoms with E-state index in [0.717, 1.165) is 13.1 Å². The molecule has 0 bridgehead atoms. The van der Waals surface area contributed by atoms with Crippen molar-refractivity contribution in [2.24, 2.45) is 7.05 Å². The molecular formula is C15H20N2. The van der Waals surface area contributed by atoms with E-state index in [0.29, 0.717) is 0 Å². The lowest BCUT2D eigenvalue weighted by molar-refractivity contribution is 0.429. The van der Waals surface area contributed by atoms with Gasteiger partial charge in [0.25, 0.3) is 0 Å². The van der Waals surface area contributed by atoms with Crippen LogP contribution in [-0.2, 0) is 19.0 Å². The number of hydrogen-bond donors (Lipinski definition) is 1. The van der Waals surface area contributed by atoms with Crippen molar-refractivity contribution in [1.29, 1.82) is 0 Å². The first-order valence-corrected chi connectivity index (χ1v) is 6.30. The van der Waals surface area contributed by atoms with E-state index in [9.17, 15) is 0 Å². The average Bonchev–Trinajstić information content (AvgIpc) is 2.54. The van der Waals surface area contributed by atoms with Gasteiger partial charge in [0.2, 0.25) is 0 Å². The molecule has 3 rings (SSSR count). The fraction of sp³-hybridized carbons (Fsp3) is 0.467. The molecular weight excluding hydrogens is 208 g/mol. The molecule has 0 radical (unpaired) electrons. The Morgan fingerprint density at radius 3 is 2.82 bits per heavy atom. The maximum absolute atomic E-state index is 3.53. The monoisotopic (exact) mass is 228 g/mol. The van der Waals surface area contributed by atoms with Gasteiger partial charge < -0.3 is 9.88 Å². The van der Waals surface area contributed by atoms with Gasteiger partial charge >= 0.3 is 0 Å². The summed E-state index contributed by atoms with van der Waals surface area (Å²) in [5, 5.41) is 4.96. The summed E-state index contributed by atoms with van der Waals surface area (Å²) in [6.45, 7) is 8.87. The van der Waals surface area contributed by atoms with E-state index in [2.05, 4.69) is 55.9 Å². The zero-order valence-corrected chi connectivity index (χ0v) is 11.1. The van der Waals surface area contributed by atoms with Crippen molar-refractivity contribution in [2.45, 2.75) is 32.7 Å². The third-order valence-electron chi connectivity index (χ3n) is 4.01. The van der Waals surface area contributed by atoms with Crippen molar-refractivity contribution in [3.05, 3.63) is 35.0 Å². The van der Waals surface area contributed by atoms with Crippen LogP contribution in [0.2, 0.25) is 0 Å². The Hall–Kier alpha value is -1.28. The van der Waals surface area contributed by atoms with Crippen LogP contribution < -0.4 is 5.32 Å². The standard InChI is InChI=1S/C15H20N2/c1-10-5-6-11-12(7-10)17(4)13-8-16-9-15(2,3)14(11)13/h5-7,16H,8-9H2,1-4H3. The first kappa shape index (κ1) is 10.8. The highest BCUT2D eigenvalue weighted by Gasteiger charge is 2.31. The molecule has 1 N–H and O–H groups in total. The quantitative estimate of drug-likeness (QED) is 0.733. The molecule has 0 aliphatic carbocycles. The van der Waals surface area contributed by atoms with E-state index >= 15 is 0 Å². The second-order valence-corrected chi connectivity index (χ2v) is 5.89. The van der Waals surface area contributed by atoms with Crippen molar-refractivity contribution >= 4 is 10.9 Å². The summed E-state index contributed by atoms with van der Waals surface area (Å²) in [4.78, 5) is 0. The van der Waals surface area contributed by atoms with Gasteiger partial charge in [-0.3, -0.25) is 0 Å². The van der Waals surface area contributed by atoms with Crippen LogP contribution >= 0.6 is 0 Å². The molecule has 2 heteroatoms. The molecule has 1 aromatic carbocycles. The zero-order valence-electron chi connectivity index (χ0n) is 11.1. The number of nitrogens with zero attached hydrogens (tertiary/aromatic N) is 1. The van der Waals surface area contributed by atoms with Crippen LogP contribution in [0.25, 0.3) is 10.9 Å². The molecule has 0 fully saturated rings. The smallest absolute Gasteiger partial charge is 0.0486 e. The van der Waals surface area contributed by atoms with E-state index in [4.69, 9.17) is 0 Å². The molecule has 1 aliphatic heterocycles. The predicted molar refractivity (Wildman–Crippen MR) is 72.4 cm³/mol. The van der Waals surface area contributed by atoms with Gasteiger partial charge in [0, 0.05) is 42.1 Å². The molecule has 2 aromatic rings. The number of rotatable bonds is 0. The van der Waals surface area contributed by atoms with Gasteiger partial charge in [-0.1, -0.05) is 26.0 Å². The third-order valence-corrected chi connectivity index (χ3v) is 4.01. The zero-order chi connectivity index (χ0) is 12.2. The van der Waals surface area contributed by atoms with E-state index in [-0.39, 0.29) is 5.41 Å². The molecule has 1 aromatic heterocycles. The van der Waals surface area contributed by atoms with E-state index < -0.39 is 0 Å². The third kappa shape index (κ3) is 1.44. The molecule has 0 saturated carbocycles. The van der Waals surface area contributed by atoms with Crippen LogP contribution in [0, 0.1) is 6.92 Å². The number of aryl methyl sites for hydroxylation is 2. The van der Waals surface area contributed by atoms with Gasteiger partial charge in [-0.25, -0.2) is 0 Å². The Bertz CT molecular complexity index is 590. The molecule has 0 amide bonds. The van der Waals surface area contributed by atoms with Crippen molar-refractivity contribution in [3.63, 3.8) is 0 Å². The Labute approximate surface area is 103 Å². The molecule has 17 heavy (non-hydrogen) atoms. The molecule has 0 saturated heterocycles. The average molecular weight is 228 g/mol. The minimum atomic E-state index is 0.225. The van der Waals surface area contributed by atoms with Gasteiger partial charge in [-0.2, -0.15) is 0 Å². The van der Waals surface area contributed by atoms with Gasteiger partial charge in [-0.05, 0) is 24.1 Å². The first-order chi connectivity index (χ1) is 8.00. The van der Waals surface area contributed by atoms with Crippen LogP contribution in [0.5, 0.6) is 0 Å². The second kappa shape index (κ2) is 3.36. The lowest BCUT2D eigenvalue weighted by Gasteiger charge is -2.31. The van der Waals surface area contributed by atoms with Crippen molar-refractivity contribution in [2.75, 3.05) is 6.54 Å². The highest BCUT2D eigenvalue weighted by molar-refractivity contribution is 5.87. The molecule has 2 heterocycles. The summed E-state index contributed by atoms with van der Waals surface area (Å²) >= 11 is 0. The minimum absolute atomic E-state index is 0.225. The summed E-state index contributed by atoms with van der Waals surface area (Å²) in [6.07, 6.45) is 0. The van der Waals surface area contributed by atoms with Crippen LogP contribution in [0.1, 0.15) is 30.7 Å². The number of nitrogens with one attached hydrogen (secondary N) is 1. The second-order valence-electron chi connectivity index (χ2n) is 5.89. The Morgan fingerprint density at radius 1 is 1.29 bits per heavy atom. The summed E-state index contributed by atoms with van der Waals surface area (Å²) in [5.41, 5.74) is 5.91. The Kier molecular flexibility index (Phi) is 2.14. The van der Waals surface area contributed by atoms with Crippen molar-refractivity contribution < 1.29 is 0 Å². The molecule has 1 aliphatic rings. The fourth-order valence-electron chi connectivity index (χ4n) is 3.14. The lowest BCUT2D eigenvalue weighted by Crippen LogP contribution is -2.38. The van der Waals surface area contributed by atoms with E-state index in [1.54, 1.807) is 0 Å². The largest absolute Gasteiger partial charge is 0.346 e. The van der Waals surface area contributed by atoms with Gasteiger partial charge in [0.1, 0.15) is 0 Å². The van der Waals surface area contributed by atoms with Crippen LogP contribution in [0.3, 0.4) is 0 Å². The normalized spacial score (nSPS) is 18.4. The van der Waals surface area contributed by atoms with Crippen LogP contribution in [0.15, 0.2) is 18.2 Å². The summed E-state index contributed by atoms with van der Waals surface area (Å²) in [5.74, 6) is 0. The predicted octanol–water partition coefficient (Wildman–Crippen LogP) is 2.87. The number of fused-ring (bicyclic) bond motifs is 3. The van der Waals surface area contributed by atoms with E-state index in [1.165, 1.54) is 27.7 Å². The summed E-state index contributed by atoms with van der Waals surface area (Å²) < 4.78 is 2.35. The topological polar surface area (TPSA) is 17.0 Å². The summed E-state index contributed by atoms with van der Waals surface area (Å²) in [6, 6.07) is 6.81. The Morgan fingerprint density at radius 2 is 2.06 bits per heavy atom. The lowest BCUT2D eigenvalue weighted by atomic mass is 9.80. The first-order valence-electron chi connectivity index (χ1n) is 6.30. The molecule has 0 unspecified atom stereocenters. The van der Waals surface area contributed by atoms with E-state index in [1.807, 2.05) is 0 Å². The molecule has 90 valence electrons.